The molecule has 1 N–H and O–H groups in total. The van der Waals surface area contributed by atoms with Gasteiger partial charge in [0.2, 0.25) is 5.88 Å². The third-order valence-electron chi connectivity index (χ3n) is 9.57. The van der Waals surface area contributed by atoms with Gasteiger partial charge in [0.05, 0.1) is 41.4 Å². The molecule has 0 spiro atoms. The summed E-state index contributed by atoms with van der Waals surface area (Å²) in [5.41, 5.74) is 1.97. The fourth-order valence-corrected chi connectivity index (χ4v) is 6.53. The number of carbonyl (C=O) groups is 1. The molecule has 1 aliphatic heterocycles. The second-order valence-corrected chi connectivity index (χ2v) is 13.0. The summed E-state index contributed by atoms with van der Waals surface area (Å²) in [4.78, 5) is 23.2. The van der Waals surface area contributed by atoms with Gasteiger partial charge in [0, 0.05) is 37.5 Å². The maximum Gasteiger partial charge on any atom is 0.320 e. The van der Waals surface area contributed by atoms with Crippen molar-refractivity contribution in [1.82, 2.24) is 19.4 Å². The Balaban J connectivity index is 1.02. The van der Waals surface area contributed by atoms with E-state index in [2.05, 4.69) is 27.8 Å². The Labute approximate surface area is 281 Å². The number of aromatic nitrogens is 3. The summed E-state index contributed by atoms with van der Waals surface area (Å²) in [6.07, 6.45) is 3.60. The molecule has 2 fully saturated rings. The smallest absolute Gasteiger partial charge is 0.320 e. The van der Waals surface area contributed by atoms with Crippen LogP contribution in [0.15, 0.2) is 48.5 Å². The van der Waals surface area contributed by atoms with Crippen LogP contribution in [0, 0.1) is 57.5 Å². The summed E-state index contributed by atoms with van der Waals surface area (Å²) >= 11 is 0. The maximum atomic E-state index is 15.5. The van der Waals surface area contributed by atoms with Gasteiger partial charge in [-0.1, -0.05) is 17.9 Å². The average Bonchev–Trinajstić information content (AvgIpc) is 3.74. The molecule has 2 atom stereocenters. The molecule has 12 heteroatoms. The monoisotopic (exact) mass is 662 g/mol. The van der Waals surface area contributed by atoms with Gasteiger partial charge in [0.15, 0.2) is 17.4 Å². The molecule has 1 saturated carbocycles. The summed E-state index contributed by atoms with van der Waals surface area (Å²) < 4.78 is 43.6. The van der Waals surface area contributed by atoms with Crippen molar-refractivity contribution in [1.29, 1.82) is 10.5 Å². The Kier molecular flexibility index (Phi) is 8.62. The number of piperidine rings is 1. The molecular weight excluding hydrogens is 630 g/mol. The van der Waals surface area contributed by atoms with Crippen molar-refractivity contribution in [3.63, 3.8) is 0 Å². The predicted molar refractivity (Wildman–Crippen MR) is 172 cm³/mol. The SMILES string of the molecule is N#CCC1(Cn2c(CN3CCC(Oc4cccc(COc5ccc(C#N)cc5F)n4)CC3)nc3c(F)cc(C4C#CC4C(=O)O)cc32)CC1. The van der Waals surface area contributed by atoms with E-state index in [1.54, 1.807) is 18.2 Å². The van der Waals surface area contributed by atoms with Gasteiger partial charge in [-0.2, -0.15) is 10.5 Å². The summed E-state index contributed by atoms with van der Waals surface area (Å²) in [5, 5.41) is 27.9. The van der Waals surface area contributed by atoms with E-state index in [1.165, 1.54) is 18.2 Å². The van der Waals surface area contributed by atoms with Crippen LogP contribution in [0.5, 0.6) is 11.6 Å². The van der Waals surface area contributed by atoms with Gasteiger partial charge in [0.1, 0.15) is 30.0 Å². The third-order valence-corrected chi connectivity index (χ3v) is 9.57. The summed E-state index contributed by atoms with van der Waals surface area (Å²) in [5.74, 6) is 3.13. The number of hydrogen-bond donors (Lipinski definition) is 1. The summed E-state index contributed by atoms with van der Waals surface area (Å²) in [6.45, 7) is 2.48. The van der Waals surface area contributed by atoms with Crippen LogP contribution in [0.2, 0.25) is 0 Å². The van der Waals surface area contributed by atoms with Crippen LogP contribution in [-0.2, 0) is 24.5 Å². The number of halogens is 2. The normalized spacial score (nSPS) is 19.6. The van der Waals surface area contributed by atoms with Gasteiger partial charge in [-0.3, -0.25) is 9.69 Å². The number of ether oxygens (including phenoxy) is 2. The number of benzene rings is 2. The van der Waals surface area contributed by atoms with Crippen molar-refractivity contribution in [2.45, 2.75) is 63.8 Å². The second kappa shape index (κ2) is 13.2. The van der Waals surface area contributed by atoms with Crippen LogP contribution in [-0.4, -0.2) is 49.7 Å². The Morgan fingerprint density at radius 3 is 2.55 bits per heavy atom. The van der Waals surface area contributed by atoms with Crippen LogP contribution in [0.25, 0.3) is 11.0 Å². The lowest BCUT2D eigenvalue weighted by atomic mass is 9.80. The highest BCUT2D eigenvalue weighted by molar-refractivity contribution is 5.81. The van der Waals surface area contributed by atoms with E-state index in [4.69, 9.17) is 19.7 Å². The lowest BCUT2D eigenvalue weighted by Gasteiger charge is -2.32. The Bertz CT molecular complexity index is 2080. The molecule has 2 aromatic heterocycles. The van der Waals surface area contributed by atoms with Crippen LogP contribution in [0.4, 0.5) is 8.78 Å². The lowest BCUT2D eigenvalue weighted by molar-refractivity contribution is -0.140. The minimum atomic E-state index is -1.02. The first-order valence-electron chi connectivity index (χ1n) is 16.2. The van der Waals surface area contributed by atoms with E-state index in [9.17, 15) is 19.6 Å². The molecule has 2 aromatic carbocycles. The summed E-state index contributed by atoms with van der Waals surface area (Å²) in [7, 11) is 0. The van der Waals surface area contributed by atoms with E-state index >= 15 is 4.39 Å². The van der Waals surface area contributed by atoms with Crippen molar-refractivity contribution < 1.29 is 28.2 Å². The minimum absolute atomic E-state index is 0.0331. The molecule has 248 valence electrons. The second-order valence-electron chi connectivity index (χ2n) is 13.0. The number of nitriles is 2. The standard InChI is InChI=1S/C37H32F2N6O4/c38-29-16-23(19-41)4-7-32(29)48-21-25-2-1-3-34(42-25)49-26-8-14-44(15-9-26)20-33-43-35-30(39)17-24(27-5-6-28(27)36(46)47)18-31(35)45(33)22-37(10-11-37)12-13-40/h1-4,7,16-18,26-28H,8-12,14-15,20-22H2,(H,46,47). The van der Waals surface area contributed by atoms with E-state index in [0.29, 0.717) is 61.1 Å². The quantitative estimate of drug-likeness (QED) is 0.190. The molecule has 49 heavy (non-hydrogen) atoms. The first-order chi connectivity index (χ1) is 23.7. The minimum Gasteiger partial charge on any atom is -0.484 e. The van der Waals surface area contributed by atoms with Crippen LogP contribution < -0.4 is 9.47 Å². The molecular formula is C37H32F2N6O4. The number of nitrogens with zero attached hydrogens (tertiary/aromatic N) is 6. The number of rotatable bonds is 12. The number of likely N-dealkylation sites (tertiary alicyclic amines) is 1. The first-order valence-corrected chi connectivity index (χ1v) is 16.2. The zero-order chi connectivity index (χ0) is 34.1. The van der Waals surface area contributed by atoms with Gasteiger partial charge in [-0.15, -0.1) is 0 Å². The van der Waals surface area contributed by atoms with E-state index in [-0.39, 0.29) is 35.0 Å². The Hall–Kier alpha value is -5.51. The molecule has 4 aromatic rings. The largest absolute Gasteiger partial charge is 0.484 e. The zero-order valence-electron chi connectivity index (χ0n) is 26.5. The molecule has 7 rings (SSSR count). The number of pyridine rings is 1. The summed E-state index contributed by atoms with van der Waals surface area (Å²) in [6, 6.07) is 16.7. The number of carboxylic acid groups (broad SMARTS) is 1. The number of fused-ring (bicyclic) bond motifs is 1. The molecule has 3 heterocycles. The van der Waals surface area contributed by atoms with E-state index < -0.39 is 29.4 Å². The number of carboxylic acids is 1. The van der Waals surface area contributed by atoms with Gasteiger partial charge in [0.25, 0.3) is 0 Å². The van der Waals surface area contributed by atoms with Crippen molar-refractivity contribution >= 4 is 17.0 Å². The fraction of sp³-hybridized carbons (Fsp3) is 0.378. The van der Waals surface area contributed by atoms with Gasteiger partial charge < -0.3 is 19.1 Å². The fourth-order valence-electron chi connectivity index (χ4n) is 6.53. The average molecular weight is 663 g/mol. The number of aliphatic carboxylic acids is 1. The number of imidazole rings is 1. The molecule has 0 bridgehead atoms. The molecule has 2 unspecified atom stereocenters. The van der Waals surface area contributed by atoms with Crippen LogP contribution in [0.1, 0.15) is 60.7 Å². The maximum absolute atomic E-state index is 15.5. The van der Waals surface area contributed by atoms with Crippen molar-refractivity contribution in [3.05, 3.63) is 82.8 Å². The predicted octanol–water partition coefficient (Wildman–Crippen LogP) is 5.70. The molecule has 1 saturated heterocycles. The topological polar surface area (TPSA) is 137 Å². The third kappa shape index (κ3) is 6.76. The zero-order valence-corrected chi connectivity index (χ0v) is 26.5. The van der Waals surface area contributed by atoms with Crippen LogP contribution >= 0.6 is 0 Å². The Morgan fingerprint density at radius 1 is 1.06 bits per heavy atom. The Morgan fingerprint density at radius 2 is 1.88 bits per heavy atom. The molecule has 2 aliphatic carbocycles. The highest BCUT2D eigenvalue weighted by Crippen LogP contribution is 2.50. The van der Waals surface area contributed by atoms with E-state index in [1.807, 2.05) is 16.7 Å². The van der Waals surface area contributed by atoms with Gasteiger partial charge >= 0.3 is 5.97 Å². The lowest BCUT2D eigenvalue weighted by Crippen LogP contribution is -2.38. The molecule has 10 nitrogen and oxygen atoms in total. The molecule has 0 amide bonds. The molecule has 3 aliphatic rings. The highest BCUT2D eigenvalue weighted by Gasteiger charge is 2.44. The first kappa shape index (κ1) is 32.1. The van der Waals surface area contributed by atoms with Gasteiger partial charge in [-0.05, 0) is 67.6 Å². The number of hydrogen-bond acceptors (Lipinski definition) is 8. The van der Waals surface area contributed by atoms with E-state index in [0.717, 1.165) is 31.7 Å². The van der Waals surface area contributed by atoms with Crippen LogP contribution in [0.3, 0.4) is 0 Å². The van der Waals surface area contributed by atoms with Gasteiger partial charge in [-0.25, -0.2) is 18.7 Å². The van der Waals surface area contributed by atoms with Crippen molar-refractivity contribution in [2.75, 3.05) is 13.1 Å². The highest BCUT2D eigenvalue weighted by atomic mass is 19.1. The van der Waals surface area contributed by atoms with Crippen molar-refractivity contribution in [2.24, 2.45) is 11.3 Å². The van der Waals surface area contributed by atoms with Crippen molar-refractivity contribution in [3.8, 4) is 35.6 Å². The molecule has 0 radical (unpaired) electrons.